The van der Waals surface area contributed by atoms with Crippen LogP contribution in [0.1, 0.15) is 117 Å². The fourth-order valence-electron chi connectivity index (χ4n) is 4.54. The first-order chi connectivity index (χ1) is 17.7. The first-order valence-corrected chi connectivity index (χ1v) is 15.3. The van der Waals surface area contributed by atoms with Crippen molar-refractivity contribution >= 4 is 11.6 Å². The van der Waals surface area contributed by atoms with Crippen molar-refractivity contribution in [1.29, 1.82) is 0 Å². The fraction of sp³-hybridized carbons (Fsp3) is 0.933. The summed E-state index contributed by atoms with van der Waals surface area (Å²) in [6.07, 6.45) is 18.0. The van der Waals surface area contributed by atoms with Crippen LogP contribution in [0.3, 0.4) is 0 Å². The molecule has 2 saturated heterocycles. The molecule has 0 N–H and O–H groups in total. The maximum atomic E-state index is 11.1. The number of ketones is 2. The SMILES string of the molecule is CCCCOCCCCCCN1CCC(=O)CC1.CCCCOCCCCCCN1CCC(=O)CC1. The highest BCUT2D eigenvalue weighted by molar-refractivity contribution is 5.79. The summed E-state index contributed by atoms with van der Waals surface area (Å²) in [4.78, 5) is 27.0. The van der Waals surface area contributed by atoms with Crippen LogP contribution in [0.2, 0.25) is 0 Å². The lowest BCUT2D eigenvalue weighted by molar-refractivity contribution is -0.122. The van der Waals surface area contributed by atoms with E-state index in [2.05, 4.69) is 23.6 Å². The minimum absolute atomic E-state index is 0.440. The average molecular weight is 511 g/mol. The van der Waals surface area contributed by atoms with E-state index in [0.717, 1.165) is 78.3 Å². The molecule has 0 aliphatic carbocycles. The van der Waals surface area contributed by atoms with Crippen molar-refractivity contribution < 1.29 is 19.1 Å². The maximum Gasteiger partial charge on any atom is 0.135 e. The van der Waals surface area contributed by atoms with E-state index < -0.39 is 0 Å². The summed E-state index contributed by atoms with van der Waals surface area (Å²) in [7, 11) is 0. The van der Waals surface area contributed by atoms with Crippen molar-refractivity contribution in [2.24, 2.45) is 0 Å². The standard InChI is InChI=1S/2C15H29NO2/c2*1-2-3-13-18-14-7-5-4-6-10-16-11-8-15(17)9-12-16/h2*2-14H2,1H3. The molecule has 0 bridgehead atoms. The zero-order chi connectivity index (χ0) is 26.1. The van der Waals surface area contributed by atoms with Crippen LogP contribution in [0.5, 0.6) is 0 Å². The molecule has 0 aromatic carbocycles. The molecule has 0 spiro atoms. The normalized spacial score (nSPS) is 17.3. The predicted molar refractivity (Wildman–Crippen MR) is 150 cm³/mol. The lowest BCUT2D eigenvalue weighted by Gasteiger charge is -2.25. The Balaban J connectivity index is 0.000000360. The van der Waals surface area contributed by atoms with Crippen molar-refractivity contribution in [3.05, 3.63) is 0 Å². The zero-order valence-electron chi connectivity index (χ0n) is 23.9. The van der Waals surface area contributed by atoms with E-state index in [1.807, 2.05) is 0 Å². The van der Waals surface area contributed by atoms with Gasteiger partial charge in [0, 0.05) is 78.3 Å². The molecule has 6 heteroatoms. The van der Waals surface area contributed by atoms with Gasteiger partial charge in [-0.15, -0.1) is 0 Å². The molecule has 0 atom stereocenters. The zero-order valence-corrected chi connectivity index (χ0v) is 23.9. The van der Waals surface area contributed by atoms with Crippen molar-refractivity contribution in [1.82, 2.24) is 9.80 Å². The van der Waals surface area contributed by atoms with Crippen LogP contribution in [0.4, 0.5) is 0 Å². The van der Waals surface area contributed by atoms with Gasteiger partial charge >= 0.3 is 0 Å². The molecule has 0 unspecified atom stereocenters. The molecule has 2 rings (SSSR count). The summed E-state index contributed by atoms with van der Waals surface area (Å²) < 4.78 is 11.1. The first kappa shape index (κ1) is 33.2. The Morgan fingerprint density at radius 3 is 1.19 bits per heavy atom. The Labute approximate surface area is 222 Å². The van der Waals surface area contributed by atoms with Crippen LogP contribution < -0.4 is 0 Å². The van der Waals surface area contributed by atoms with Crippen molar-refractivity contribution in [2.45, 2.75) is 117 Å². The molecule has 2 heterocycles. The molecule has 2 fully saturated rings. The van der Waals surface area contributed by atoms with Gasteiger partial charge in [-0.25, -0.2) is 0 Å². The third-order valence-corrected chi connectivity index (χ3v) is 7.14. The number of ether oxygens (including phenoxy) is 2. The monoisotopic (exact) mass is 510 g/mol. The van der Waals surface area contributed by atoms with E-state index in [1.165, 1.54) is 90.1 Å². The van der Waals surface area contributed by atoms with Crippen molar-refractivity contribution in [2.75, 3.05) is 65.7 Å². The minimum atomic E-state index is 0.440. The van der Waals surface area contributed by atoms with Gasteiger partial charge in [-0.05, 0) is 51.6 Å². The van der Waals surface area contributed by atoms with Crippen LogP contribution >= 0.6 is 0 Å². The Morgan fingerprint density at radius 2 is 0.833 bits per heavy atom. The number of piperidine rings is 2. The second-order valence-corrected chi connectivity index (χ2v) is 10.5. The molecule has 212 valence electrons. The molecule has 36 heavy (non-hydrogen) atoms. The molecule has 0 radical (unpaired) electrons. The van der Waals surface area contributed by atoms with Gasteiger partial charge in [0.25, 0.3) is 0 Å². The fourth-order valence-corrected chi connectivity index (χ4v) is 4.54. The minimum Gasteiger partial charge on any atom is -0.381 e. The van der Waals surface area contributed by atoms with Gasteiger partial charge in [-0.2, -0.15) is 0 Å². The summed E-state index contributed by atoms with van der Waals surface area (Å²) >= 11 is 0. The van der Waals surface area contributed by atoms with Crippen molar-refractivity contribution in [3.63, 3.8) is 0 Å². The Hall–Kier alpha value is -0.820. The van der Waals surface area contributed by atoms with Gasteiger partial charge < -0.3 is 19.3 Å². The molecule has 2 aliphatic heterocycles. The lowest BCUT2D eigenvalue weighted by atomic mass is 10.1. The Bertz CT molecular complexity index is 463. The number of hydrogen-bond donors (Lipinski definition) is 0. The molecule has 0 aromatic rings. The number of carbonyl (C=O) groups excluding carboxylic acids is 2. The predicted octanol–water partition coefficient (Wildman–Crippen LogP) is 6.06. The number of unbranched alkanes of at least 4 members (excludes halogenated alkanes) is 8. The maximum absolute atomic E-state index is 11.1. The molecular weight excluding hydrogens is 452 g/mol. The number of carbonyl (C=O) groups is 2. The van der Waals surface area contributed by atoms with Crippen LogP contribution in [0.15, 0.2) is 0 Å². The van der Waals surface area contributed by atoms with Gasteiger partial charge in [0.05, 0.1) is 0 Å². The highest BCUT2D eigenvalue weighted by Gasteiger charge is 2.15. The summed E-state index contributed by atoms with van der Waals surface area (Å²) in [5.41, 5.74) is 0. The second kappa shape index (κ2) is 24.5. The highest BCUT2D eigenvalue weighted by Crippen LogP contribution is 2.09. The largest absolute Gasteiger partial charge is 0.381 e. The summed E-state index contributed by atoms with van der Waals surface area (Å²) in [6, 6.07) is 0. The van der Waals surface area contributed by atoms with Crippen molar-refractivity contribution in [3.8, 4) is 0 Å². The smallest absolute Gasteiger partial charge is 0.135 e. The second-order valence-electron chi connectivity index (χ2n) is 10.5. The number of likely N-dealkylation sites (tertiary alicyclic amines) is 2. The molecule has 0 amide bonds. The number of hydrogen-bond acceptors (Lipinski definition) is 6. The lowest BCUT2D eigenvalue weighted by Crippen LogP contribution is -2.34. The molecule has 0 saturated carbocycles. The Kier molecular flexibility index (Phi) is 22.6. The van der Waals surface area contributed by atoms with Gasteiger partial charge in [0.1, 0.15) is 11.6 Å². The quantitative estimate of drug-likeness (QED) is 0.186. The summed E-state index contributed by atoms with van der Waals surface area (Å²) in [5.74, 6) is 0.881. The van der Waals surface area contributed by atoms with E-state index in [4.69, 9.17) is 9.47 Å². The van der Waals surface area contributed by atoms with Gasteiger partial charge in [-0.3, -0.25) is 9.59 Å². The van der Waals surface area contributed by atoms with Gasteiger partial charge in [0.2, 0.25) is 0 Å². The Morgan fingerprint density at radius 1 is 0.500 bits per heavy atom. The number of rotatable bonds is 20. The molecule has 0 aromatic heterocycles. The third-order valence-electron chi connectivity index (χ3n) is 7.14. The van der Waals surface area contributed by atoms with Crippen LogP contribution in [-0.4, -0.2) is 87.1 Å². The van der Waals surface area contributed by atoms with Gasteiger partial charge in [0.15, 0.2) is 0 Å². The molecular formula is C30H58N2O4. The molecule has 6 nitrogen and oxygen atoms in total. The summed E-state index contributed by atoms with van der Waals surface area (Å²) in [6.45, 7) is 14.4. The van der Waals surface area contributed by atoms with Crippen LogP contribution in [0.25, 0.3) is 0 Å². The van der Waals surface area contributed by atoms with E-state index in [0.29, 0.717) is 11.6 Å². The van der Waals surface area contributed by atoms with Gasteiger partial charge in [-0.1, -0.05) is 52.4 Å². The van der Waals surface area contributed by atoms with E-state index in [1.54, 1.807) is 0 Å². The first-order valence-electron chi connectivity index (χ1n) is 15.3. The summed E-state index contributed by atoms with van der Waals surface area (Å²) in [5, 5.41) is 0. The van der Waals surface area contributed by atoms with Crippen LogP contribution in [-0.2, 0) is 19.1 Å². The van der Waals surface area contributed by atoms with Crippen LogP contribution in [0, 0.1) is 0 Å². The third kappa shape index (κ3) is 20.3. The van der Waals surface area contributed by atoms with E-state index in [-0.39, 0.29) is 0 Å². The topological polar surface area (TPSA) is 59.1 Å². The highest BCUT2D eigenvalue weighted by atomic mass is 16.5. The molecule has 2 aliphatic rings. The average Bonchev–Trinajstić information content (AvgIpc) is 2.89. The van der Waals surface area contributed by atoms with E-state index >= 15 is 0 Å². The number of Topliss-reactive ketones (excluding diaryl/α,β-unsaturated/α-hetero) is 2. The number of nitrogens with zero attached hydrogens (tertiary/aromatic N) is 2. The van der Waals surface area contributed by atoms with E-state index in [9.17, 15) is 9.59 Å².